The first-order valence-corrected chi connectivity index (χ1v) is 8.31. The largest absolute Gasteiger partial charge is 0.494 e. The van der Waals surface area contributed by atoms with E-state index in [2.05, 4.69) is 10.5 Å². The van der Waals surface area contributed by atoms with Crippen LogP contribution in [0.5, 0.6) is 11.5 Å². The number of rotatable bonds is 7. The molecule has 0 aromatic heterocycles. The molecule has 5 nitrogen and oxygen atoms in total. The van der Waals surface area contributed by atoms with E-state index in [1.54, 1.807) is 18.3 Å². The Hall–Kier alpha value is -2.53. The van der Waals surface area contributed by atoms with E-state index < -0.39 is 0 Å². The summed E-state index contributed by atoms with van der Waals surface area (Å²) in [6.07, 6.45) is 1.56. The Morgan fingerprint density at radius 3 is 2.36 bits per heavy atom. The standard InChI is InChI=1S/C19H21ClN2O3/c1-4-24-16-7-5-15(6-8-16)11-21-22-18(23)12-25-17-9-13(2)19(20)14(3)10-17/h5-11H,4,12H2,1-3H3,(H,22,23)/b21-11-. The fraction of sp³-hybridized carbons (Fsp3) is 0.263. The predicted molar refractivity (Wildman–Crippen MR) is 99.8 cm³/mol. The topological polar surface area (TPSA) is 59.9 Å². The van der Waals surface area contributed by atoms with Crippen LogP contribution in [0.1, 0.15) is 23.6 Å². The molecule has 2 rings (SSSR count). The quantitative estimate of drug-likeness (QED) is 0.602. The predicted octanol–water partition coefficient (Wildman–Crippen LogP) is 3.88. The number of nitrogens with one attached hydrogen (secondary N) is 1. The summed E-state index contributed by atoms with van der Waals surface area (Å²) in [5.74, 6) is 1.06. The van der Waals surface area contributed by atoms with Crippen LogP contribution in [0, 0.1) is 13.8 Å². The van der Waals surface area contributed by atoms with Crippen molar-refractivity contribution in [3.8, 4) is 11.5 Å². The molecule has 0 radical (unpaired) electrons. The molecule has 1 N–H and O–H groups in total. The van der Waals surface area contributed by atoms with Gasteiger partial charge in [0, 0.05) is 5.02 Å². The van der Waals surface area contributed by atoms with Crippen LogP contribution in [-0.4, -0.2) is 25.3 Å². The monoisotopic (exact) mass is 360 g/mol. The summed E-state index contributed by atoms with van der Waals surface area (Å²) in [7, 11) is 0. The molecule has 0 bridgehead atoms. The zero-order valence-electron chi connectivity index (χ0n) is 14.5. The highest BCUT2D eigenvalue weighted by atomic mass is 35.5. The van der Waals surface area contributed by atoms with Crippen molar-refractivity contribution in [1.82, 2.24) is 5.43 Å². The third kappa shape index (κ3) is 5.80. The van der Waals surface area contributed by atoms with Crippen LogP contribution in [0.2, 0.25) is 5.02 Å². The van der Waals surface area contributed by atoms with Gasteiger partial charge in [-0.05, 0) is 73.9 Å². The van der Waals surface area contributed by atoms with Gasteiger partial charge < -0.3 is 9.47 Å². The lowest BCUT2D eigenvalue weighted by atomic mass is 10.1. The zero-order chi connectivity index (χ0) is 18.2. The van der Waals surface area contributed by atoms with Crippen LogP contribution < -0.4 is 14.9 Å². The number of benzene rings is 2. The van der Waals surface area contributed by atoms with Gasteiger partial charge in [0.05, 0.1) is 12.8 Å². The average molecular weight is 361 g/mol. The lowest BCUT2D eigenvalue weighted by Gasteiger charge is -2.09. The van der Waals surface area contributed by atoms with Gasteiger partial charge in [0.25, 0.3) is 5.91 Å². The molecule has 0 aliphatic rings. The number of aryl methyl sites for hydroxylation is 2. The molecule has 0 heterocycles. The first-order chi connectivity index (χ1) is 12.0. The Bertz CT molecular complexity index is 735. The molecular weight excluding hydrogens is 340 g/mol. The first kappa shape index (κ1) is 18.8. The molecule has 6 heteroatoms. The van der Waals surface area contributed by atoms with Gasteiger partial charge >= 0.3 is 0 Å². The number of hydrogen-bond acceptors (Lipinski definition) is 4. The summed E-state index contributed by atoms with van der Waals surface area (Å²) in [5, 5.41) is 4.62. The Kier molecular flexibility index (Phi) is 6.83. The van der Waals surface area contributed by atoms with E-state index in [0.29, 0.717) is 17.4 Å². The van der Waals surface area contributed by atoms with Gasteiger partial charge in [0.2, 0.25) is 0 Å². The van der Waals surface area contributed by atoms with E-state index in [-0.39, 0.29) is 12.5 Å². The Balaban J connectivity index is 1.82. The van der Waals surface area contributed by atoms with Crippen LogP contribution in [0.4, 0.5) is 0 Å². The number of amides is 1. The maximum Gasteiger partial charge on any atom is 0.277 e. The molecule has 0 saturated heterocycles. The van der Waals surface area contributed by atoms with Crippen molar-refractivity contribution in [2.24, 2.45) is 5.10 Å². The second-order valence-electron chi connectivity index (χ2n) is 5.45. The highest BCUT2D eigenvalue weighted by Crippen LogP contribution is 2.25. The van der Waals surface area contributed by atoms with Crippen molar-refractivity contribution in [1.29, 1.82) is 0 Å². The average Bonchev–Trinajstić information content (AvgIpc) is 2.59. The first-order valence-electron chi connectivity index (χ1n) is 7.94. The van der Waals surface area contributed by atoms with Crippen molar-refractivity contribution in [2.75, 3.05) is 13.2 Å². The number of halogens is 1. The van der Waals surface area contributed by atoms with Crippen LogP contribution in [0.3, 0.4) is 0 Å². The maximum atomic E-state index is 11.8. The van der Waals surface area contributed by atoms with E-state index in [1.165, 1.54) is 0 Å². The Morgan fingerprint density at radius 1 is 1.12 bits per heavy atom. The zero-order valence-corrected chi connectivity index (χ0v) is 15.3. The van der Waals surface area contributed by atoms with Crippen molar-refractivity contribution in [3.63, 3.8) is 0 Å². The molecule has 0 saturated carbocycles. The summed E-state index contributed by atoms with van der Waals surface area (Å²) >= 11 is 6.10. The number of carbonyl (C=O) groups is 1. The highest BCUT2D eigenvalue weighted by Gasteiger charge is 2.06. The molecule has 2 aromatic rings. The summed E-state index contributed by atoms with van der Waals surface area (Å²) in [6.45, 7) is 6.21. The fourth-order valence-corrected chi connectivity index (χ4v) is 2.28. The molecular formula is C19H21ClN2O3. The second kappa shape index (κ2) is 9.08. The van der Waals surface area contributed by atoms with Crippen molar-refractivity contribution in [2.45, 2.75) is 20.8 Å². The number of hydrogen-bond donors (Lipinski definition) is 1. The molecule has 132 valence electrons. The molecule has 1 amide bonds. The van der Waals surface area contributed by atoms with Gasteiger partial charge in [-0.1, -0.05) is 11.6 Å². The smallest absolute Gasteiger partial charge is 0.277 e. The van der Waals surface area contributed by atoms with Crippen molar-refractivity contribution < 1.29 is 14.3 Å². The molecule has 0 aliphatic carbocycles. The lowest BCUT2D eigenvalue weighted by molar-refractivity contribution is -0.123. The van der Waals surface area contributed by atoms with E-state index in [0.717, 1.165) is 22.4 Å². The van der Waals surface area contributed by atoms with Crippen LogP contribution in [-0.2, 0) is 4.79 Å². The Morgan fingerprint density at radius 2 is 1.76 bits per heavy atom. The number of ether oxygens (including phenoxy) is 2. The second-order valence-corrected chi connectivity index (χ2v) is 5.83. The highest BCUT2D eigenvalue weighted by molar-refractivity contribution is 6.32. The molecule has 2 aromatic carbocycles. The van der Waals surface area contributed by atoms with E-state index in [1.807, 2.05) is 45.0 Å². The third-order valence-electron chi connectivity index (χ3n) is 3.37. The minimum Gasteiger partial charge on any atom is -0.494 e. The van der Waals surface area contributed by atoms with Gasteiger partial charge in [-0.25, -0.2) is 5.43 Å². The lowest BCUT2D eigenvalue weighted by Crippen LogP contribution is -2.24. The van der Waals surface area contributed by atoms with Crippen molar-refractivity contribution >= 4 is 23.7 Å². The number of carbonyl (C=O) groups excluding carboxylic acids is 1. The normalized spacial score (nSPS) is 10.7. The van der Waals surface area contributed by atoms with Crippen molar-refractivity contribution in [3.05, 3.63) is 58.1 Å². The van der Waals surface area contributed by atoms with E-state index in [4.69, 9.17) is 21.1 Å². The SMILES string of the molecule is CCOc1ccc(/C=N\NC(=O)COc2cc(C)c(Cl)c(C)c2)cc1. The summed E-state index contributed by atoms with van der Waals surface area (Å²) in [6, 6.07) is 11.0. The molecule has 25 heavy (non-hydrogen) atoms. The van der Waals surface area contributed by atoms with Crippen LogP contribution >= 0.6 is 11.6 Å². The minimum atomic E-state index is -0.340. The molecule has 0 spiro atoms. The van der Waals surface area contributed by atoms with Gasteiger partial charge in [-0.15, -0.1) is 0 Å². The van der Waals surface area contributed by atoms with Gasteiger partial charge in [-0.2, -0.15) is 5.10 Å². The van der Waals surface area contributed by atoms with Crippen LogP contribution in [0.15, 0.2) is 41.5 Å². The van der Waals surface area contributed by atoms with E-state index in [9.17, 15) is 4.79 Å². The molecule has 0 aliphatic heterocycles. The molecule has 0 atom stereocenters. The third-order valence-corrected chi connectivity index (χ3v) is 3.97. The number of nitrogens with zero attached hydrogens (tertiary/aromatic N) is 1. The Labute approximate surface area is 152 Å². The minimum absolute atomic E-state index is 0.124. The maximum absolute atomic E-state index is 11.8. The summed E-state index contributed by atoms with van der Waals surface area (Å²) in [5.41, 5.74) is 5.10. The number of hydrazone groups is 1. The molecule has 0 fully saturated rings. The summed E-state index contributed by atoms with van der Waals surface area (Å²) < 4.78 is 10.8. The summed E-state index contributed by atoms with van der Waals surface area (Å²) in [4.78, 5) is 11.8. The van der Waals surface area contributed by atoms with Gasteiger partial charge in [0.1, 0.15) is 11.5 Å². The van der Waals surface area contributed by atoms with Gasteiger partial charge in [0.15, 0.2) is 6.61 Å². The van der Waals surface area contributed by atoms with E-state index >= 15 is 0 Å². The van der Waals surface area contributed by atoms with Crippen LogP contribution in [0.25, 0.3) is 0 Å². The fourth-order valence-electron chi connectivity index (χ4n) is 2.17. The van der Waals surface area contributed by atoms with Gasteiger partial charge in [-0.3, -0.25) is 4.79 Å². The molecule has 0 unspecified atom stereocenters.